The van der Waals surface area contributed by atoms with Gasteiger partial charge in [0.05, 0.1) is 18.5 Å². The van der Waals surface area contributed by atoms with E-state index in [1.807, 2.05) is 13.8 Å². The molecule has 126 valence electrons. The van der Waals surface area contributed by atoms with Crippen LogP contribution in [-0.4, -0.2) is 27.3 Å². The molecule has 0 aliphatic heterocycles. The lowest BCUT2D eigenvalue weighted by atomic mass is 10.2. The predicted octanol–water partition coefficient (Wildman–Crippen LogP) is 3.82. The van der Waals surface area contributed by atoms with Crippen molar-refractivity contribution in [3.05, 3.63) is 59.7 Å². The highest BCUT2D eigenvalue weighted by molar-refractivity contribution is 6.01. The van der Waals surface area contributed by atoms with Crippen LogP contribution in [0.1, 0.15) is 36.8 Å². The number of halogens is 1. The van der Waals surface area contributed by atoms with E-state index in [-0.39, 0.29) is 24.7 Å². The van der Waals surface area contributed by atoms with E-state index in [4.69, 9.17) is 4.74 Å². The zero-order valence-corrected chi connectivity index (χ0v) is 14.0. The molecule has 0 amide bonds. The summed E-state index contributed by atoms with van der Waals surface area (Å²) >= 11 is 0. The maximum Gasteiger partial charge on any atom is 0.359 e. The first-order chi connectivity index (χ1) is 11.7. The molecule has 0 aliphatic carbocycles. The number of hydrogen-bond donors (Lipinski definition) is 0. The van der Waals surface area contributed by atoms with E-state index >= 15 is 0 Å². The summed E-state index contributed by atoms with van der Waals surface area (Å²) in [5.41, 5.74) is 1.20. The van der Waals surface area contributed by atoms with Gasteiger partial charge in [-0.05, 0) is 25.1 Å². The molecule has 0 spiro atoms. The number of carbonyl (C=O) groups excluding carboxylic acids is 1. The molecule has 0 unspecified atom stereocenters. The van der Waals surface area contributed by atoms with Gasteiger partial charge in [-0.25, -0.2) is 18.9 Å². The molecule has 0 radical (unpaired) electrons. The lowest BCUT2D eigenvalue weighted by Gasteiger charge is -2.04. The Morgan fingerprint density at radius 1 is 1.21 bits per heavy atom. The van der Waals surface area contributed by atoms with Crippen LogP contribution in [0.2, 0.25) is 0 Å². The van der Waals surface area contributed by atoms with Crippen molar-refractivity contribution < 1.29 is 13.9 Å². The minimum Gasteiger partial charge on any atom is -0.461 e. The summed E-state index contributed by atoms with van der Waals surface area (Å²) in [6.45, 7) is 6.19. The van der Waals surface area contributed by atoms with Crippen LogP contribution in [0.4, 0.5) is 4.39 Å². The number of rotatable bonds is 4. The molecule has 0 saturated heterocycles. The Balaban J connectivity index is 0.00000100. The van der Waals surface area contributed by atoms with E-state index in [9.17, 15) is 9.18 Å². The summed E-state index contributed by atoms with van der Waals surface area (Å²) in [5.74, 6) is -0.826. The lowest BCUT2D eigenvalue weighted by Crippen LogP contribution is -2.08. The van der Waals surface area contributed by atoms with Crippen molar-refractivity contribution in [3.8, 4) is 0 Å². The molecule has 2 aromatic heterocycles. The fraction of sp³-hybridized carbons (Fsp3) is 0.278. The Morgan fingerprint density at radius 3 is 2.67 bits per heavy atom. The SMILES string of the molecule is CC.CCOC(=O)c1nn(Cc2ccccc2F)c2ncccc12. The van der Waals surface area contributed by atoms with E-state index in [0.717, 1.165) is 0 Å². The number of carbonyl (C=O) groups is 1. The standard InChI is InChI=1S/C16H14FN3O2.C2H6/c1-2-22-16(21)14-12-7-5-9-18-15(12)20(19-14)10-11-6-3-4-8-13(11)17;1-2/h3-9H,2,10H2,1H3;1-2H3. The van der Waals surface area contributed by atoms with Gasteiger partial charge in [-0.15, -0.1) is 0 Å². The van der Waals surface area contributed by atoms with Crippen LogP contribution in [0.25, 0.3) is 11.0 Å². The van der Waals surface area contributed by atoms with Gasteiger partial charge < -0.3 is 4.74 Å². The Bertz CT molecular complexity index is 830. The number of benzene rings is 1. The van der Waals surface area contributed by atoms with Crippen LogP contribution in [-0.2, 0) is 11.3 Å². The van der Waals surface area contributed by atoms with E-state index in [1.165, 1.54) is 10.7 Å². The third kappa shape index (κ3) is 3.59. The molecule has 6 heteroatoms. The predicted molar refractivity (Wildman–Crippen MR) is 90.3 cm³/mol. The molecule has 0 saturated carbocycles. The maximum atomic E-state index is 13.8. The minimum absolute atomic E-state index is 0.194. The molecule has 0 N–H and O–H groups in total. The fourth-order valence-corrected chi connectivity index (χ4v) is 2.26. The lowest BCUT2D eigenvalue weighted by molar-refractivity contribution is 0.0520. The summed E-state index contributed by atoms with van der Waals surface area (Å²) in [4.78, 5) is 16.2. The van der Waals surface area contributed by atoms with E-state index in [0.29, 0.717) is 16.6 Å². The van der Waals surface area contributed by atoms with Gasteiger partial charge in [0.1, 0.15) is 5.82 Å². The summed E-state index contributed by atoms with van der Waals surface area (Å²) in [7, 11) is 0. The summed E-state index contributed by atoms with van der Waals surface area (Å²) in [6.07, 6.45) is 1.61. The van der Waals surface area contributed by atoms with Crippen LogP contribution in [0.15, 0.2) is 42.6 Å². The molecular formula is C18H20FN3O2. The largest absolute Gasteiger partial charge is 0.461 e. The van der Waals surface area contributed by atoms with Crippen molar-refractivity contribution in [3.63, 3.8) is 0 Å². The zero-order valence-electron chi connectivity index (χ0n) is 14.0. The molecule has 5 nitrogen and oxygen atoms in total. The number of nitrogens with zero attached hydrogens (tertiary/aromatic N) is 3. The van der Waals surface area contributed by atoms with Gasteiger partial charge >= 0.3 is 5.97 Å². The second-order valence-electron chi connectivity index (χ2n) is 4.69. The van der Waals surface area contributed by atoms with Crippen LogP contribution >= 0.6 is 0 Å². The van der Waals surface area contributed by atoms with E-state index in [1.54, 1.807) is 43.5 Å². The number of pyridine rings is 1. The van der Waals surface area contributed by atoms with Gasteiger partial charge in [-0.2, -0.15) is 5.10 Å². The average Bonchev–Trinajstić information content (AvgIpc) is 2.98. The van der Waals surface area contributed by atoms with Crippen molar-refractivity contribution in [1.82, 2.24) is 14.8 Å². The van der Waals surface area contributed by atoms with E-state index < -0.39 is 5.97 Å². The quantitative estimate of drug-likeness (QED) is 0.683. The van der Waals surface area contributed by atoms with Gasteiger partial charge in [-0.1, -0.05) is 32.0 Å². The summed E-state index contributed by atoms with van der Waals surface area (Å²) in [6, 6.07) is 9.92. The summed E-state index contributed by atoms with van der Waals surface area (Å²) in [5, 5.41) is 4.85. The first-order valence-corrected chi connectivity index (χ1v) is 7.92. The fourth-order valence-electron chi connectivity index (χ4n) is 2.26. The molecule has 0 aliphatic rings. The van der Waals surface area contributed by atoms with Crippen LogP contribution in [0.5, 0.6) is 0 Å². The van der Waals surface area contributed by atoms with Crippen LogP contribution < -0.4 is 0 Å². The number of aromatic nitrogens is 3. The van der Waals surface area contributed by atoms with Gasteiger partial charge in [0.25, 0.3) is 0 Å². The third-order valence-corrected chi connectivity index (χ3v) is 3.25. The highest BCUT2D eigenvalue weighted by atomic mass is 19.1. The molecule has 2 heterocycles. The van der Waals surface area contributed by atoms with Gasteiger partial charge in [0, 0.05) is 11.8 Å². The normalized spacial score (nSPS) is 10.2. The molecule has 1 aromatic carbocycles. The molecular weight excluding hydrogens is 309 g/mol. The molecule has 0 fully saturated rings. The second-order valence-corrected chi connectivity index (χ2v) is 4.69. The smallest absolute Gasteiger partial charge is 0.359 e. The number of hydrogen-bond acceptors (Lipinski definition) is 4. The topological polar surface area (TPSA) is 57.0 Å². The summed E-state index contributed by atoms with van der Waals surface area (Å²) < 4.78 is 20.3. The Morgan fingerprint density at radius 2 is 1.96 bits per heavy atom. The van der Waals surface area contributed by atoms with Crippen molar-refractivity contribution >= 4 is 17.0 Å². The molecule has 0 atom stereocenters. The average molecular weight is 329 g/mol. The first kappa shape index (κ1) is 17.6. The molecule has 3 aromatic rings. The first-order valence-electron chi connectivity index (χ1n) is 7.92. The zero-order chi connectivity index (χ0) is 17.5. The van der Waals surface area contributed by atoms with E-state index in [2.05, 4.69) is 10.1 Å². The van der Waals surface area contributed by atoms with Gasteiger partial charge in [0.15, 0.2) is 11.3 Å². The van der Waals surface area contributed by atoms with Crippen LogP contribution in [0.3, 0.4) is 0 Å². The highest BCUT2D eigenvalue weighted by Gasteiger charge is 2.19. The number of ether oxygens (including phenoxy) is 1. The maximum absolute atomic E-state index is 13.8. The molecule has 3 rings (SSSR count). The monoisotopic (exact) mass is 329 g/mol. The van der Waals surface area contributed by atoms with Crippen molar-refractivity contribution in [1.29, 1.82) is 0 Å². The highest BCUT2D eigenvalue weighted by Crippen LogP contribution is 2.19. The van der Waals surface area contributed by atoms with Crippen molar-refractivity contribution in [2.75, 3.05) is 6.61 Å². The Labute approximate surface area is 140 Å². The van der Waals surface area contributed by atoms with Crippen molar-refractivity contribution in [2.24, 2.45) is 0 Å². The number of esters is 1. The molecule has 0 bridgehead atoms. The van der Waals surface area contributed by atoms with Crippen molar-refractivity contribution in [2.45, 2.75) is 27.3 Å². The minimum atomic E-state index is -0.507. The van der Waals surface area contributed by atoms with Gasteiger partial charge in [-0.3, -0.25) is 0 Å². The third-order valence-electron chi connectivity index (χ3n) is 3.25. The van der Waals surface area contributed by atoms with Crippen LogP contribution in [0, 0.1) is 5.82 Å². The Hall–Kier alpha value is -2.76. The van der Waals surface area contributed by atoms with Gasteiger partial charge in [0.2, 0.25) is 0 Å². The Kier molecular flexibility index (Phi) is 6.01. The second kappa shape index (κ2) is 8.19. The molecule has 24 heavy (non-hydrogen) atoms. The number of fused-ring (bicyclic) bond motifs is 1.